The molecule has 1 aromatic heterocycles. The Morgan fingerprint density at radius 2 is 2.20 bits per heavy atom. The molecule has 0 spiro atoms. The van der Waals surface area contributed by atoms with Gasteiger partial charge in [-0.05, 0) is 25.0 Å². The van der Waals surface area contributed by atoms with Crippen LogP contribution in [0.1, 0.15) is 38.8 Å². The van der Waals surface area contributed by atoms with Crippen LogP contribution >= 0.6 is 0 Å². The van der Waals surface area contributed by atoms with E-state index in [0.29, 0.717) is 24.3 Å². The van der Waals surface area contributed by atoms with Crippen molar-refractivity contribution in [2.24, 2.45) is 0 Å². The minimum Gasteiger partial charge on any atom is -0.495 e. The Hall–Kier alpha value is -1.09. The van der Waals surface area contributed by atoms with Crippen molar-refractivity contribution in [1.82, 2.24) is 4.98 Å². The van der Waals surface area contributed by atoms with Gasteiger partial charge in [0.2, 0.25) is 0 Å². The van der Waals surface area contributed by atoms with Crippen LogP contribution in [0, 0.1) is 0 Å². The van der Waals surface area contributed by atoms with Crippen LogP contribution in [0.2, 0.25) is 0 Å². The number of methoxy groups -OCH3 is 1. The highest BCUT2D eigenvalue weighted by molar-refractivity contribution is 5.31. The third-order valence-corrected chi connectivity index (χ3v) is 2.68. The average Bonchev–Trinajstić information content (AvgIpc) is 2.29. The quantitative estimate of drug-likeness (QED) is 0.810. The van der Waals surface area contributed by atoms with E-state index < -0.39 is 5.60 Å². The van der Waals surface area contributed by atoms with Crippen molar-refractivity contribution < 1.29 is 9.84 Å². The van der Waals surface area contributed by atoms with E-state index in [1.165, 1.54) is 0 Å². The van der Waals surface area contributed by atoms with Crippen LogP contribution < -0.4 is 4.74 Å². The van der Waals surface area contributed by atoms with Crippen molar-refractivity contribution >= 4 is 0 Å². The second kappa shape index (κ2) is 5.12. The van der Waals surface area contributed by atoms with Crippen LogP contribution in [0.25, 0.3) is 0 Å². The summed E-state index contributed by atoms with van der Waals surface area (Å²) in [5.74, 6) is 0.662. The van der Waals surface area contributed by atoms with Gasteiger partial charge in [0.25, 0.3) is 0 Å². The van der Waals surface area contributed by atoms with E-state index >= 15 is 0 Å². The van der Waals surface area contributed by atoms with Gasteiger partial charge in [0.15, 0.2) is 0 Å². The zero-order valence-corrected chi connectivity index (χ0v) is 9.66. The van der Waals surface area contributed by atoms with Crippen LogP contribution in [0.15, 0.2) is 18.3 Å². The molecule has 3 nitrogen and oxygen atoms in total. The second-order valence-corrected chi connectivity index (χ2v) is 3.69. The largest absolute Gasteiger partial charge is 0.495 e. The summed E-state index contributed by atoms with van der Waals surface area (Å²) in [5.41, 5.74) is -0.210. The summed E-state index contributed by atoms with van der Waals surface area (Å²) in [6.45, 7) is 4.01. The highest BCUT2D eigenvalue weighted by atomic mass is 16.5. The Bertz CT molecular complexity index is 314. The molecule has 1 heterocycles. The summed E-state index contributed by atoms with van der Waals surface area (Å²) in [7, 11) is 1.60. The van der Waals surface area contributed by atoms with Gasteiger partial charge in [0.05, 0.1) is 7.11 Å². The number of aliphatic hydroxyl groups is 1. The molecule has 0 radical (unpaired) electrons. The lowest BCUT2D eigenvalue weighted by Gasteiger charge is -2.27. The molecule has 0 amide bonds. The summed E-state index contributed by atoms with van der Waals surface area (Å²) < 4.78 is 5.22. The monoisotopic (exact) mass is 209 g/mol. The number of nitrogens with zero attached hydrogens (tertiary/aromatic N) is 1. The maximum atomic E-state index is 10.5. The Morgan fingerprint density at radius 3 is 2.73 bits per heavy atom. The molecule has 1 rings (SSSR count). The fourth-order valence-electron chi connectivity index (χ4n) is 1.78. The van der Waals surface area contributed by atoms with Crippen LogP contribution in [-0.2, 0) is 5.60 Å². The van der Waals surface area contributed by atoms with Gasteiger partial charge in [-0.1, -0.05) is 20.3 Å². The van der Waals surface area contributed by atoms with Gasteiger partial charge >= 0.3 is 0 Å². The number of aromatic nitrogens is 1. The molecule has 1 aromatic rings. The third-order valence-electron chi connectivity index (χ3n) is 2.68. The number of hydrogen-bond donors (Lipinski definition) is 1. The van der Waals surface area contributed by atoms with Crippen molar-refractivity contribution in [3.63, 3.8) is 0 Å². The van der Waals surface area contributed by atoms with E-state index in [4.69, 9.17) is 4.74 Å². The maximum Gasteiger partial charge on any atom is 0.143 e. The minimum absolute atomic E-state index is 0.647. The summed E-state index contributed by atoms with van der Waals surface area (Å²) in [6.07, 6.45) is 3.96. The first-order valence-corrected chi connectivity index (χ1v) is 5.39. The molecule has 0 saturated carbocycles. The van der Waals surface area contributed by atoms with E-state index in [1.807, 2.05) is 19.1 Å². The van der Waals surface area contributed by atoms with Crippen molar-refractivity contribution in [1.29, 1.82) is 0 Å². The Labute approximate surface area is 91.1 Å². The fourth-order valence-corrected chi connectivity index (χ4v) is 1.78. The van der Waals surface area contributed by atoms with Gasteiger partial charge in [-0.15, -0.1) is 0 Å². The molecule has 1 unspecified atom stereocenters. The zero-order valence-electron chi connectivity index (χ0n) is 9.66. The predicted molar refractivity (Wildman–Crippen MR) is 59.9 cm³/mol. The third kappa shape index (κ3) is 2.48. The van der Waals surface area contributed by atoms with E-state index in [9.17, 15) is 5.11 Å². The van der Waals surface area contributed by atoms with Gasteiger partial charge in [-0.25, -0.2) is 0 Å². The Balaban J connectivity index is 3.10. The fraction of sp³-hybridized carbons (Fsp3) is 0.583. The average molecular weight is 209 g/mol. The highest BCUT2D eigenvalue weighted by Gasteiger charge is 2.30. The second-order valence-electron chi connectivity index (χ2n) is 3.69. The predicted octanol–water partition coefficient (Wildman–Crippen LogP) is 2.49. The van der Waals surface area contributed by atoms with Crippen molar-refractivity contribution in [2.45, 2.75) is 38.7 Å². The van der Waals surface area contributed by atoms with Crippen LogP contribution in [0.3, 0.4) is 0 Å². The molecule has 0 fully saturated rings. The van der Waals surface area contributed by atoms with Gasteiger partial charge in [0.1, 0.15) is 17.0 Å². The highest BCUT2D eigenvalue weighted by Crippen LogP contribution is 2.34. The van der Waals surface area contributed by atoms with Crippen LogP contribution in [0.5, 0.6) is 5.75 Å². The SMILES string of the molecule is CCCC(O)(CC)c1ncccc1OC. The Morgan fingerprint density at radius 1 is 1.47 bits per heavy atom. The van der Waals surface area contributed by atoms with E-state index in [2.05, 4.69) is 11.9 Å². The number of hydrogen-bond acceptors (Lipinski definition) is 3. The van der Waals surface area contributed by atoms with Gasteiger partial charge < -0.3 is 9.84 Å². The molecule has 0 saturated heterocycles. The molecule has 0 bridgehead atoms. The van der Waals surface area contributed by atoms with Crippen molar-refractivity contribution in [3.05, 3.63) is 24.0 Å². The maximum absolute atomic E-state index is 10.5. The van der Waals surface area contributed by atoms with Crippen molar-refractivity contribution in [2.75, 3.05) is 7.11 Å². The smallest absolute Gasteiger partial charge is 0.143 e. The number of pyridine rings is 1. The van der Waals surface area contributed by atoms with E-state index in [1.54, 1.807) is 13.3 Å². The summed E-state index contributed by atoms with van der Waals surface area (Å²) in [4.78, 5) is 4.24. The molecular formula is C12H19NO2. The standard InChI is InChI=1S/C12H19NO2/c1-4-8-12(14,5-2)11-10(15-3)7-6-9-13-11/h6-7,9,14H,4-5,8H2,1-3H3. The summed E-state index contributed by atoms with van der Waals surface area (Å²) in [5, 5.41) is 10.5. The molecule has 0 aliphatic heterocycles. The lowest BCUT2D eigenvalue weighted by molar-refractivity contribution is 0.0159. The van der Waals surface area contributed by atoms with E-state index in [-0.39, 0.29) is 0 Å². The molecule has 0 aromatic carbocycles. The van der Waals surface area contributed by atoms with Crippen LogP contribution in [-0.4, -0.2) is 17.2 Å². The molecular weight excluding hydrogens is 190 g/mol. The number of ether oxygens (including phenoxy) is 1. The van der Waals surface area contributed by atoms with E-state index in [0.717, 1.165) is 6.42 Å². The zero-order chi connectivity index (χ0) is 11.3. The molecule has 84 valence electrons. The molecule has 0 aliphatic carbocycles. The molecule has 0 aliphatic rings. The first kappa shape index (κ1) is 12.0. The van der Waals surface area contributed by atoms with Crippen LogP contribution in [0.4, 0.5) is 0 Å². The first-order valence-electron chi connectivity index (χ1n) is 5.39. The topological polar surface area (TPSA) is 42.4 Å². The normalized spacial score (nSPS) is 14.7. The van der Waals surface area contributed by atoms with Crippen molar-refractivity contribution in [3.8, 4) is 5.75 Å². The number of rotatable bonds is 5. The van der Waals surface area contributed by atoms with Gasteiger partial charge in [-0.2, -0.15) is 0 Å². The summed E-state index contributed by atoms with van der Waals surface area (Å²) >= 11 is 0. The molecule has 3 heteroatoms. The summed E-state index contributed by atoms with van der Waals surface area (Å²) in [6, 6.07) is 3.64. The first-order chi connectivity index (χ1) is 7.18. The Kier molecular flexibility index (Phi) is 4.09. The lowest BCUT2D eigenvalue weighted by atomic mass is 9.90. The molecule has 15 heavy (non-hydrogen) atoms. The van der Waals surface area contributed by atoms with Gasteiger partial charge in [-0.3, -0.25) is 4.98 Å². The molecule has 1 atom stereocenters. The minimum atomic E-state index is -0.860. The molecule has 1 N–H and O–H groups in total. The van der Waals surface area contributed by atoms with Gasteiger partial charge in [0, 0.05) is 6.20 Å². The lowest BCUT2D eigenvalue weighted by Crippen LogP contribution is -2.26.